The molecule has 0 amide bonds. The van der Waals surface area contributed by atoms with Gasteiger partial charge in [0, 0.05) is 19.1 Å². The zero-order valence-corrected chi connectivity index (χ0v) is 8.62. The van der Waals surface area contributed by atoms with Gasteiger partial charge in [0.1, 0.15) is 0 Å². The van der Waals surface area contributed by atoms with E-state index in [0.717, 1.165) is 32.5 Å². The molecule has 1 fully saturated rings. The van der Waals surface area contributed by atoms with Crippen LogP contribution in [0.25, 0.3) is 0 Å². The van der Waals surface area contributed by atoms with Crippen LogP contribution in [0.15, 0.2) is 0 Å². The Kier molecular flexibility index (Phi) is 4.66. The highest BCUT2D eigenvalue weighted by atomic mass is 16.5. The lowest BCUT2D eigenvalue weighted by Gasteiger charge is -2.34. The Morgan fingerprint density at radius 3 is 3.00 bits per heavy atom. The lowest BCUT2D eigenvalue weighted by atomic mass is 10.1. The summed E-state index contributed by atoms with van der Waals surface area (Å²) in [4.78, 5) is 2.29. The van der Waals surface area contributed by atoms with E-state index >= 15 is 0 Å². The summed E-state index contributed by atoms with van der Waals surface area (Å²) in [7, 11) is 2.12. The summed E-state index contributed by atoms with van der Waals surface area (Å²) in [6, 6.07) is 0.299. The summed E-state index contributed by atoms with van der Waals surface area (Å²) in [6.45, 7) is 4.99. The van der Waals surface area contributed by atoms with Gasteiger partial charge in [0.05, 0.1) is 12.7 Å². The van der Waals surface area contributed by atoms with Gasteiger partial charge in [0.25, 0.3) is 0 Å². The van der Waals surface area contributed by atoms with Gasteiger partial charge >= 0.3 is 0 Å². The number of nitrogens with one attached hydrogen (secondary N) is 1. The van der Waals surface area contributed by atoms with Crippen molar-refractivity contribution in [2.45, 2.75) is 31.9 Å². The minimum Gasteiger partial charge on any atom is -0.374 e. The maximum absolute atomic E-state index is 5.67. The van der Waals surface area contributed by atoms with Crippen LogP contribution in [-0.2, 0) is 4.74 Å². The van der Waals surface area contributed by atoms with Crippen molar-refractivity contribution in [2.75, 3.05) is 26.7 Å². The maximum atomic E-state index is 5.67. The number of rotatable bonds is 4. The second-order valence-corrected chi connectivity index (χ2v) is 3.73. The fraction of sp³-hybridized carbons (Fsp3) is 1.00. The number of nitrogens with zero attached hydrogens (tertiary/aromatic N) is 1. The first-order valence-electron chi connectivity index (χ1n) is 5.04. The molecule has 0 radical (unpaired) electrons. The quantitative estimate of drug-likeness (QED) is 0.478. The number of nitrogens with two attached hydrogens (primary N) is 1. The third kappa shape index (κ3) is 3.23. The van der Waals surface area contributed by atoms with Crippen molar-refractivity contribution in [3.8, 4) is 0 Å². The summed E-state index contributed by atoms with van der Waals surface area (Å²) in [5.74, 6) is 5.49. The average Bonchev–Trinajstić information content (AvgIpc) is 2.14. The fourth-order valence-electron chi connectivity index (χ4n) is 1.74. The van der Waals surface area contributed by atoms with Gasteiger partial charge in [-0.15, -0.1) is 0 Å². The van der Waals surface area contributed by atoms with Crippen LogP contribution in [0.1, 0.15) is 19.8 Å². The zero-order valence-electron chi connectivity index (χ0n) is 8.62. The van der Waals surface area contributed by atoms with Crippen molar-refractivity contribution in [3.63, 3.8) is 0 Å². The van der Waals surface area contributed by atoms with Crippen LogP contribution in [0, 0.1) is 0 Å². The molecule has 1 aliphatic rings. The van der Waals surface area contributed by atoms with Crippen molar-refractivity contribution in [1.29, 1.82) is 0 Å². The minimum atomic E-state index is 0.253. The van der Waals surface area contributed by atoms with Crippen molar-refractivity contribution in [2.24, 2.45) is 5.84 Å². The molecule has 0 saturated carbocycles. The SMILES string of the molecule is CCCC(NN)C1CN(C)CCO1. The van der Waals surface area contributed by atoms with Crippen molar-refractivity contribution < 1.29 is 4.74 Å². The molecule has 1 heterocycles. The third-order valence-electron chi connectivity index (χ3n) is 2.56. The van der Waals surface area contributed by atoms with Crippen LogP contribution in [-0.4, -0.2) is 43.8 Å². The lowest BCUT2D eigenvalue weighted by molar-refractivity contribution is -0.0400. The van der Waals surface area contributed by atoms with E-state index in [0.29, 0.717) is 6.04 Å². The Morgan fingerprint density at radius 1 is 1.69 bits per heavy atom. The van der Waals surface area contributed by atoms with Crippen molar-refractivity contribution >= 4 is 0 Å². The molecule has 0 aromatic heterocycles. The number of hydrogen-bond donors (Lipinski definition) is 2. The monoisotopic (exact) mass is 187 g/mol. The van der Waals surface area contributed by atoms with Gasteiger partial charge in [-0.25, -0.2) is 0 Å². The van der Waals surface area contributed by atoms with E-state index < -0.39 is 0 Å². The van der Waals surface area contributed by atoms with E-state index in [2.05, 4.69) is 24.3 Å². The molecule has 2 unspecified atom stereocenters. The Morgan fingerprint density at radius 2 is 2.46 bits per heavy atom. The summed E-state index contributed by atoms with van der Waals surface area (Å²) in [5, 5.41) is 0. The van der Waals surface area contributed by atoms with E-state index in [1.807, 2.05) is 0 Å². The first kappa shape index (κ1) is 10.9. The summed E-state index contributed by atoms with van der Waals surface area (Å²) in [6.07, 6.45) is 2.47. The number of ether oxygens (including phenoxy) is 1. The molecule has 0 aliphatic carbocycles. The van der Waals surface area contributed by atoms with E-state index in [1.54, 1.807) is 0 Å². The molecule has 1 saturated heterocycles. The summed E-state index contributed by atoms with van der Waals surface area (Å²) >= 11 is 0. The molecule has 1 aliphatic heterocycles. The first-order chi connectivity index (χ1) is 6.27. The zero-order chi connectivity index (χ0) is 9.68. The Bertz CT molecular complexity index is 143. The molecule has 4 heteroatoms. The van der Waals surface area contributed by atoms with Gasteiger partial charge < -0.3 is 9.64 Å². The number of likely N-dealkylation sites (N-methyl/N-ethyl adjacent to an activating group) is 1. The molecule has 13 heavy (non-hydrogen) atoms. The van der Waals surface area contributed by atoms with E-state index in [4.69, 9.17) is 10.6 Å². The average molecular weight is 187 g/mol. The highest BCUT2D eigenvalue weighted by Crippen LogP contribution is 2.10. The van der Waals surface area contributed by atoms with Crippen LogP contribution in [0.4, 0.5) is 0 Å². The molecule has 0 aromatic rings. The topological polar surface area (TPSA) is 50.5 Å². The summed E-state index contributed by atoms with van der Waals surface area (Å²) < 4.78 is 5.67. The lowest BCUT2D eigenvalue weighted by Crippen LogP contribution is -2.53. The smallest absolute Gasteiger partial charge is 0.0868 e. The predicted molar refractivity (Wildman–Crippen MR) is 53.3 cm³/mol. The van der Waals surface area contributed by atoms with Gasteiger partial charge in [-0.2, -0.15) is 0 Å². The molecular weight excluding hydrogens is 166 g/mol. The summed E-state index contributed by atoms with van der Waals surface area (Å²) in [5.41, 5.74) is 2.84. The van der Waals surface area contributed by atoms with E-state index in [9.17, 15) is 0 Å². The van der Waals surface area contributed by atoms with E-state index in [-0.39, 0.29) is 6.10 Å². The van der Waals surface area contributed by atoms with Crippen LogP contribution >= 0.6 is 0 Å². The minimum absolute atomic E-state index is 0.253. The predicted octanol–water partition coefficient (Wildman–Crippen LogP) is -0.0510. The maximum Gasteiger partial charge on any atom is 0.0868 e. The second-order valence-electron chi connectivity index (χ2n) is 3.73. The third-order valence-corrected chi connectivity index (χ3v) is 2.56. The molecule has 78 valence electrons. The molecule has 2 atom stereocenters. The van der Waals surface area contributed by atoms with E-state index in [1.165, 1.54) is 0 Å². The van der Waals surface area contributed by atoms with Crippen LogP contribution in [0.3, 0.4) is 0 Å². The molecular formula is C9H21N3O. The van der Waals surface area contributed by atoms with Crippen LogP contribution in [0.2, 0.25) is 0 Å². The largest absolute Gasteiger partial charge is 0.374 e. The highest BCUT2D eigenvalue weighted by molar-refractivity contribution is 4.80. The van der Waals surface area contributed by atoms with Gasteiger partial charge in [0.2, 0.25) is 0 Å². The van der Waals surface area contributed by atoms with Crippen LogP contribution in [0.5, 0.6) is 0 Å². The Labute approximate surface area is 80.4 Å². The Balaban J connectivity index is 2.37. The number of hydrazine groups is 1. The van der Waals surface area contributed by atoms with Gasteiger partial charge in [-0.05, 0) is 13.5 Å². The second kappa shape index (κ2) is 5.54. The van der Waals surface area contributed by atoms with Gasteiger partial charge in [0.15, 0.2) is 0 Å². The first-order valence-corrected chi connectivity index (χ1v) is 5.04. The molecule has 3 N–H and O–H groups in total. The molecule has 0 aromatic carbocycles. The van der Waals surface area contributed by atoms with Crippen LogP contribution < -0.4 is 11.3 Å². The highest BCUT2D eigenvalue weighted by Gasteiger charge is 2.24. The molecule has 1 rings (SSSR count). The standard InChI is InChI=1S/C9H21N3O/c1-3-4-8(11-10)9-7-12(2)5-6-13-9/h8-9,11H,3-7,10H2,1-2H3. The van der Waals surface area contributed by atoms with Crippen molar-refractivity contribution in [3.05, 3.63) is 0 Å². The molecule has 0 bridgehead atoms. The molecule has 0 spiro atoms. The van der Waals surface area contributed by atoms with Gasteiger partial charge in [-0.1, -0.05) is 13.3 Å². The normalized spacial score (nSPS) is 27.5. The van der Waals surface area contributed by atoms with Gasteiger partial charge in [-0.3, -0.25) is 11.3 Å². The van der Waals surface area contributed by atoms with Crippen molar-refractivity contribution in [1.82, 2.24) is 10.3 Å². The number of hydrogen-bond acceptors (Lipinski definition) is 4. The molecule has 4 nitrogen and oxygen atoms in total. The fourth-order valence-corrected chi connectivity index (χ4v) is 1.74. The Hall–Kier alpha value is -0.160. The number of morpholine rings is 1.